The van der Waals surface area contributed by atoms with Gasteiger partial charge in [0.25, 0.3) is 0 Å². The van der Waals surface area contributed by atoms with Crippen LogP contribution in [0.5, 0.6) is 0 Å². The summed E-state index contributed by atoms with van der Waals surface area (Å²) in [6, 6.07) is 11.7. The smallest absolute Gasteiger partial charge is 0.0233 e. The average Bonchev–Trinajstić information content (AvgIpc) is 2.98. The number of nitrogens with zero attached hydrogens (tertiary/aromatic N) is 1. The van der Waals surface area contributed by atoms with Crippen LogP contribution in [0.15, 0.2) is 30.3 Å². The second-order valence-electron chi connectivity index (χ2n) is 6.54. The molecular weight excluding hydrogens is 244 g/mol. The standard InChI is InChI=1S/C18H28N2/c1-2-16-8-11-19-18(16)17-9-12-20(13-10-17)14-15-6-4-3-5-7-15/h3-7,16-19H,2,8-14H2,1H3. The molecule has 0 aliphatic carbocycles. The molecule has 0 bridgehead atoms. The number of nitrogens with one attached hydrogen (secondary N) is 1. The van der Waals surface area contributed by atoms with Gasteiger partial charge in [-0.2, -0.15) is 0 Å². The van der Waals surface area contributed by atoms with E-state index in [2.05, 4.69) is 47.5 Å². The summed E-state index contributed by atoms with van der Waals surface area (Å²) in [5.41, 5.74) is 1.45. The summed E-state index contributed by atoms with van der Waals surface area (Å²) in [5.74, 6) is 1.84. The van der Waals surface area contributed by atoms with E-state index in [1.54, 1.807) is 0 Å². The highest BCUT2D eigenvalue weighted by molar-refractivity contribution is 5.14. The van der Waals surface area contributed by atoms with Crippen LogP contribution in [0.4, 0.5) is 0 Å². The fraction of sp³-hybridized carbons (Fsp3) is 0.667. The summed E-state index contributed by atoms with van der Waals surface area (Å²) in [4.78, 5) is 2.63. The van der Waals surface area contributed by atoms with Crippen molar-refractivity contribution < 1.29 is 0 Å². The molecule has 2 unspecified atom stereocenters. The van der Waals surface area contributed by atoms with Gasteiger partial charge < -0.3 is 5.32 Å². The van der Waals surface area contributed by atoms with Gasteiger partial charge in [-0.25, -0.2) is 0 Å². The predicted molar refractivity (Wildman–Crippen MR) is 84.6 cm³/mol. The van der Waals surface area contributed by atoms with Crippen LogP contribution in [-0.4, -0.2) is 30.6 Å². The normalized spacial score (nSPS) is 28.9. The molecule has 0 amide bonds. The Morgan fingerprint density at radius 1 is 1.10 bits per heavy atom. The van der Waals surface area contributed by atoms with Gasteiger partial charge in [0, 0.05) is 12.6 Å². The number of hydrogen-bond donors (Lipinski definition) is 1. The molecule has 1 aromatic rings. The second kappa shape index (κ2) is 6.73. The molecular formula is C18H28N2. The van der Waals surface area contributed by atoms with Crippen LogP contribution in [0.3, 0.4) is 0 Å². The zero-order valence-corrected chi connectivity index (χ0v) is 12.7. The van der Waals surface area contributed by atoms with Gasteiger partial charge in [-0.05, 0) is 56.3 Å². The monoisotopic (exact) mass is 272 g/mol. The molecule has 2 aliphatic rings. The van der Waals surface area contributed by atoms with E-state index < -0.39 is 0 Å². The van der Waals surface area contributed by atoms with Crippen molar-refractivity contribution in [3.05, 3.63) is 35.9 Å². The molecule has 2 aliphatic heterocycles. The summed E-state index contributed by atoms with van der Waals surface area (Å²) >= 11 is 0. The Labute approximate surface area is 123 Å². The maximum absolute atomic E-state index is 3.77. The van der Waals surface area contributed by atoms with Crippen molar-refractivity contribution in [3.8, 4) is 0 Å². The fourth-order valence-electron chi connectivity index (χ4n) is 4.10. The molecule has 0 saturated carbocycles. The SMILES string of the molecule is CCC1CCNC1C1CCN(Cc2ccccc2)CC1. The third-order valence-corrected chi connectivity index (χ3v) is 5.32. The molecule has 20 heavy (non-hydrogen) atoms. The lowest BCUT2D eigenvalue weighted by Gasteiger charge is -2.36. The Hall–Kier alpha value is -0.860. The highest BCUT2D eigenvalue weighted by Crippen LogP contribution is 2.31. The van der Waals surface area contributed by atoms with Crippen molar-refractivity contribution in [1.29, 1.82) is 0 Å². The zero-order chi connectivity index (χ0) is 13.8. The molecule has 0 radical (unpaired) electrons. The van der Waals surface area contributed by atoms with Crippen molar-refractivity contribution in [3.63, 3.8) is 0 Å². The number of rotatable bonds is 4. The Morgan fingerprint density at radius 3 is 2.55 bits per heavy atom. The summed E-state index contributed by atoms with van der Waals surface area (Å²) < 4.78 is 0. The first-order valence-electron chi connectivity index (χ1n) is 8.36. The molecule has 2 heterocycles. The average molecular weight is 272 g/mol. The van der Waals surface area contributed by atoms with Crippen molar-refractivity contribution in [1.82, 2.24) is 10.2 Å². The largest absolute Gasteiger partial charge is 0.313 e. The van der Waals surface area contributed by atoms with Gasteiger partial charge >= 0.3 is 0 Å². The molecule has 2 saturated heterocycles. The van der Waals surface area contributed by atoms with Crippen LogP contribution < -0.4 is 5.32 Å². The van der Waals surface area contributed by atoms with E-state index in [4.69, 9.17) is 0 Å². The Kier molecular flexibility index (Phi) is 4.74. The van der Waals surface area contributed by atoms with Gasteiger partial charge in [-0.15, -0.1) is 0 Å². The van der Waals surface area contributed by atoms with E-state index in [1.165, 1.54) is 50.9 Å². The van der Waals surface area contributed by atoms with E-state index in [0.717, 1.165) is 24.4 Å². The van der Waals surface area contributed by atoms with Gasteiger partial charge in [-0.1, -0.05) is 43.7 Å². The summed E-state index contributed by atoms with van der Waals surface area (Å²) in [7, 11) is 0. The Balaban J connectivity index is 1.49. The van der Waals surface area contributed by atoms with Gasteiger partial charge in [0.1, 0.15) is 0 Å². The predicted octanol–water partition coefficient (Wildman–Crippen LogP) is 3.29. The van der Waals surface area contributed by atoms with Crippen molar-refractivity contribution in [2.24, 2.45) is 11.8 Å². The van der Waals surface area contributed by atoms with E-state index in [-0.39, 0.29) is 0 Å². The van der Waals surface area contributed by atoms with E-state index in [9.17, 15) is 0 Å². The second-order valence-corrected chi connectivity index (χ2v) is 6.54. The minimum absolute atomic E-state index is 0.805. The Morgan fingerprint density at radius 2 is 1.85 bits per heavy atom. The minimum Gasteiger partial charge on any atom is -0.313 e. The zero-order valence-electron chi connectivity index (χ0n) is 12.7. The summed E-state index contributed by atoms with van der Waals surface area (Å²) in [5, 5.41) is 3.77. The highest BCUT2D eigenvalue weighted by atomic mass is 15.1. The van der Waals surface area contributed by atoms with Gasteiger partial charge in [-0.3, -0.25) is 4.90 Å². The summed E-state index contributed by atoms with van der Waals surface area (Å²) in [6.45, 7) is 7.27. The number of piperidine rings is 1. The maximum atomic E-state index is 3.77. The van der Waals surface area contributed by atoms with Crippen LogP contribution in [-0.2, 0) is 6.54 Å². The number of benzene rings is 1. The molecule has 1 N–H and O–H groups in total. The lowest BCUT2D eigenvalue weighted by Crippen LogP contribution is -2.42. The molecule has 0 aromatic heterocycles. The van der Waals surface area contributed by atoms with Gasteiger partial charge in [0.2, 0.25) is 0 Å². The fourth-order valence-corrected chi connectivity index (χ4v) is 4.10. The number of hydrogen-bond acceptors (Lipinski definition) is 2. The Bertz CT molecular complexity index is 395. The molecule has 0 spiro atoms. The lowest BCUT2D eigenvalue weighted by molar-refractivity contribution is 0.144. The maximum Gasteiger partial charge on any atom is 0.0233 e. The molecule has 2 heteroatoms. The molecule has 1 aromatic carbocycles. The quantitative estimate of drug-likeness (QED) is 0.905. The molecule has 3 rings (SSSR count). The molecule has 2 atom stereocenters. The van der Waals surface area contributed by atoms with Gasteiger partial charge in [0.05, 0.1) is 0 Å². The lowest BCUT2D eigenvalue weighted by atomic mass is 9.82. The van der Waals surface area contributed by atoms with E-state index in [1.807, 2.05) is 0 Å². The van der Waals surface area contributed by atoms with Crippen LogP contribution in [0.25, 0.3) is 0 Å². The third-order valence-electron chi connectivity index (χ3n) is 5.32. The van der Waals surface area contributed by atoms with Crippen LogP contribution in [0.1, 0.15) is 38.2 Å². The third kappa shape index (κ3) is 3.24. The molecule has 2 fully saturated rings. The molecule has 2 nitrogen and oxygen atoms in total. The van der Waals surface area contributed by atoms with Crippen LogP contribution >= 0.6 is 0 Å². The highest BCUT2D eigenvalue weighted by Gasteiger charge is 2.33. The first-order valence-corrected chi connectivity index (χ1v) is 8.36. The van der Waals surface area contributed by atoms with Crippen LogP contribution in [0, 0.1) is 11.8 Å². The van der Waals surface area contributed by atoms with E-state index in [0.29, 0.717) is 0 Å². The van der Waals surface area contributed by atoms with Crippen molar-refractivity contribution in [2.75, 3.05) is 19.6 Å². The summed E-state index contributed by atoms with van der Waals surface area (Å²) in [6.07, 6.45) is 5.50. The van der Waals surface area contributed by atoms with Gasteiger partial charge in [0.15, 0.2) is 0 Å². The van der Waals surface area contributed by atoms with E-state index >= 15 is 0 Å². The minimum atomic E-state index is 0.805. The number of likely N-dealkylation sites (tertiary alicyclic amines) is 1. The first-order chi connectivity index (χ1) is 9.86. The van der Waals surface area contributed by atoms with Crippen molar-refractivity contribution >= 4 is 0 Å². The first kappa shape index (κ1) is 14.1. The topological polar surface area (TPSA) is 15.3 Å². The van der Waals surface area contributed by atoms with Crippen molar-refractivity contribution in [2.45, 2.75) is 45.2 Å². The molecule has 110 valence electrons. The van der Waals surface area contributed by atoms with Crippen LogP contribution in [0.2, 0.25) is 0 Å².